The average Bonchev–Trinajstić information content (AvgIpc) is 3.30. The number of carbonyl (C=O) groups excluding carboxylic acids is 2. The van der Waals surface area contributed by atoms with Crippen molar-refractivity contribution >= 4 is 23.7 Å². The molecule has 1 aliphatic heterocycles. The van der Waals surface area contributed by atoms with Gasteiger partial charge in [0.1, 0.15) is 5.76 Å². The number of benzene rings is 1. The number of hydrogen-bond donors (Lipinski definition) is 0. The van der Waals surface area contributed by atoms with Crippen molar-refractivity contribution in [1.82, 2.24) is 5.01 Å². The Morgan fingerprint density at radius 2 is 2.04 bits per heavy atom. The zero-order valence-electron chi connectivity index (χ0n) is 12.9. The first-order valence-corrected chi connectivity index (χ1v) is 7.54. The summed E-state index contributed by atoms with van der Waals surface area (Å²) < 4.78 is 9.98. The number of ether oxygens (including phenoxy) is 1. The number of furan rings is 1. The van der Waals surface area contributed by atoms with E-state index in [1.807, 2.05) is 30.3 Å². The third-order valence-electron chi connectivity index (χ3n) is 3.46. The van der Waals surface area contributed by atoms with Gasteiger partial charge in [-0.2, -0.15) is 5.10 Å². The second-order valence-electron chi connectivity index (χ2n) is 5.14. The van der Waals surface area contributed by atoms with Crippen LogP contribution in [-0.4, -0.2) is 35.7 Å². The predicted octanol–water partition coefficient (Wildman–Crippen LogP) is 2.47. The van der Waals surface area contributed by atoms with Gasteiger partial charge in [0.05, 0.1) is 18.5 Å². The molecule has 1 aromatic heterocycles. The lowest BCUT2D eigenvalue weighted by atomic mass is 10.1. The van der Waals surface area contributed by atoms with Crippen LogP contribution in [0.5, 0.6) is 0 Å². The third-order valence-corrected chi connectivity index (χ3v) is 3.46. The lowest BCUT2D eigenvalue weighted by molar-refractivity contribution is -0.147. The van der Waals surface area contributed by atoms with Gasteiger partial charge in [-0.25, -0.2) is 9.80 Å². The van der Waals surface area contributed by atoms with Crippen LogP contribution in [-0.2, 0) is 14.3 Å². The second-order valence-corrected chi connectivity index (χ2v) is 5.14. The molecule has 0 saturated carbocycles. The summed E-state index contributed by atoms with van der Waals surface area (Å²) >= 11 is 0. The fourth-order valence-corrected chi connectivity index (χ4v) is 2.26. The first-order chi connectivity index (χ1) is 11.7. The van der Waals surface area contributed by atoms with E-state index < -0.39 is 5.97 Å². The van der Waals surface area contributed by atoms with Crippen LogP contribution >= 0.6 is 0 Å². The molecule has 1 aromatic carbocycles. The molecule has 0 spiro atoms. The van der Waals surface area contributed by atoms with E-state index in [1.54, 1.807) is 12.1 Å². The smallest absolute Gasteiger partial charge is 0.331 e. The first kappa shape index (κ1) is 15.7. The maximum absolute atomic E-state index is 12.1. The number of esters is 1. The van der Waals surface area contributed by atoms with Crippen molar-refractivity contribution in [2.45, 2.75) is 6.42 Å². The van der Waals surface area contributed by atoms with Gasteiger partial charge in [-0.15, -0.1) is 0 Å². The molecule has 0 unspecified atom stereocenters. The van der Waals surface area contributed by atoms with E-state index in [2.05, 4.69) is 5.10 Å². The molecule has 0 fully saturated rings. The molecule has 6 nitrogen and oxygen atoms in total. The Balaban J connectivity index is 1.51. The van der Waals surface area contributed by atoms with Crippen LogP contribution in [0.1, 0.15) is 17.7 Å². The number of rotatable bonds is 5. The molecule has 3 rings (SSSR count). The number of amides is 1. The standard InChI is InChI=1S/C18H16N2O4/c21-17(13-24-18(22)9-8-15-7-4-12-23-15)20-11-10-16(19-20)14-5-2-1-3-6-14/h1-9,12H,10-11,13H2/b9-8+. The molecule has 1 amide bonds. The monoisotopic (exact) mass is 324 g/mol. The molecule has 0 saturated heterocycles. The molecule has 6 heteroatoms. The van der Waals surface area contributed by atoms with E-state index in [4.69, 9.17) is 9.15 Å². The average molecular weight is 324 g/mol. The van der Waals surface area contributed by atoms with Crippen molar-refractivity contribution in [2.24, 2.45) is 5.10 Å². The van der Waals surface area contributed by atoms with Gasteiger partial charge in [0, 0.05) is 12.5 Å². The summed E-state index contributed by atoms with van der Waals surface area (Å²) in [7, 11) is 0. The largest absolute Gasteiger partial charge is 0.465 e. The van der Waals surface area contributed by atoms with E-state index in [-0.39, 0.29) is 12.5 Å². The van der Waals surface area contributed by atoms with Crippen molar-refractivity contribution in [3.63, 3.8) is 0 Å². The summed E-state index contributed by atoms with van der Waals surface area (Å²) in [6, 6.07) is 13.1. The highest BCUT2D eigenvalue weighted by Gasteiger charge is 2.22. The molecular weight excluding hydrogens is 308 g/mol. The van der Waals surface area contributed by atoms with Gasteiger partial charge in [0.15, 0.2) is 6.61 Å². The van der Waals surface area contributed by atoms with E-state index in [1.165, 1.54) is 23.4 Å². The van der Waals surface area contributed by atoms with E-state index in [0.717, 1.165) is 11.3 Å². The Bertz CT molecular complexity index is 764. The van der Waals surface area contributed by atoms with Crippen LogP contribution in [0.25, 0.3) is 6.08 Å². The number of hydrogen-bond acceptors (Lipinski definition) is 5. The highest BCUT2D eigenvalue weighted by molar-refractivity contribution is 6.02. The van der Waals surface area contributed by atoms with Crippen LogP contribution < -0.4 is 0 Å². The lowest BCUT2D eigenvalue weighted by Gasteiger charge is -2.10. The molecule has 0 N–H and O–H groups in total. The van der Waals surface area contributed by atoms with Gasteiger partial charge in [-0.1, -0.05) is 30.3 Å². The molecule has 24 heavy (non-hydrogen) atoms. The topological polar surface area (TPSA) is 72.1 Å². The number of nitrogens with zero attached hydrogens (tertiary/aromatic N) is 2. The van der Waals surface area contributed by atoms with Crippen molar-refractivity contribution in [2.75, 3.05) is 13.2 Å². The molecule has 0 bridgehead atoms. The lowest BCUT2D eigenvalue weighted by Crippen LogP contribution is -2.28. The van der Waals surface area contributed by atoms with Gasteiger partial charge in [0.25, 0.3) is 5.91 Å². The van der Waals surface area contributed by atoms with Gasteiger partial charge in [0.2, 0.25) is 0 Å². The molecule has 0 aliphatic carbocycles. The summed E-state index contributed by atoms with van der Waals surface area (Å²) in [6.45, 7) is 0.149. The van der Waals surface area contributed by atoms with Gasteiger partial charge in [-0.05, 0) is 23.8 Å². The molecular formula is C18H16N2O4. The molecule has 2 heterocycles. The quantitative estimate of drug-likeness (QED) is 0.626. The van der Waals surface area contributed by atoms with Crippen molar-refractivity contribution in [3.05, 3.63) is 66.1 Å². The summed E-state index contributed by atoms with van der Waals surface area (Å²) in [5.74, 6) is -0.415. The molecule has 122 valence electrons. The number of carbonyl (C=O) groups is 2. The van der Waals surface area contributed by atoms with Crippen LogP contribution in [0.3, 0.4) is 0 Å². The third kappa shape index (κ3) is 3.98. The fourth-order valence-electron chi connectivity index (χ4n) is 2.26. The van der Waals surface area contributed by atoms with E-state index in [0.29, 0.717) is 18.7 Å². The normalized spacial score (nSPS) is 14.0. The Labute approximate surface area is 139 Å². The minimum Gasteiger partial charge on any atom is -0.465 e. The molecule has 0 atom stereocenters. The van der Waals surface area contributed by atoms with E-state index in [9.17, 15) is 9.59 Å². The Kier molecular flexibility index (Phi) is 4.86. The van der Waals surface area contributed by atoms with Crippen LogP contribution in [0.4, 0.5) is 0 Å². The van der Waals surface area contributed by atoms with Crippen LogP contribution in [0, 0.1) is 0 Å². The SMILES string of the molecule is O=C(/C=C/c1ccco1)OCC(=O)N1CCC(c2ccccc2)=N1. The van der Waals surface area contributed by atoms with Crippen LogP contribution in [0.15, 0.2) is 64.3 Å². The van der Waals surface area contributed by atoms with Crippen LogP contribution in [0.2, 0.25) is 0 Å². The minimum absolute atomic E-state index is 0.340. The van der Waals surface area contributed by atoms with Crippen molar-refractivity contribution in [1.29, 1.82) is 0 Å². The highest BCUT2D eigenvalue weighted by atomic mass is 16.5. The van der Waals surface area contributed by atoms with Gasteiger partial charge < -0.3 is 9.15 Å². The highest BCUT2D eigenvalue weighted by Crippen LogP contribution is 2.13. The van der Waals surface area contributed by atoms with Crippen molar-refractivity contribution < 1.29 is 18.7 Å². The maximum atomic E-state index is 12.1. The maximum Gasteiger partial charge on any atom is 0.331 e. The Morgan fingerprint density at radius 1 is 1.21 bits per heavy atom. The Hall–Kier alpha value is -3.15. The van der Waals surface area contributed by atoms with E-state index >= 15 is 0 Å². The van der Waals surface area contributed by atoms with Gasteiger partial charge >= 0.3 is 5.97 Å². The first-order valence-electron chi connectivity index (χ1n) is 7.54. The summed E-state index contributed by atoms with van der Waals surface area (Å²) in [5.41, 5.74) is 1.85. The minimum atomic E-state index is -0.605. The van der Waals surface area contributed by atoms with Gasteiger partial charge in [-0.3, -0.25) is 4.79 Å². The predicted molar refractivity (Wildman–Crippen MR) is 88.0 cm³/mol. The molecule has 1 aliphatic rings. The summed E-state index contributed by atoms with van der Waals surface area (Å²) in [4.78, 5) is 23.6. The molecule has 2 aromatic rings. The summed E-state index contributed by atoms with van der Waals surface area (Å²) in [6.07, 6.45) is 4.88. The van der Waals surface area contributed by atoms with Crippen molar-refractivity contribution in [3.8, 4) is 0 Å². The zero-order chi connectivity index (χ0) is 16.8. The summed E-state index contributed by atoms with van der Waals surface area (Å²) in [5, 5.41) is 5.64. The molecule has 0 radical (unpaired) electrons. The second kappa shape index (κ2) is 7.41. The fraction of sp³-hybridized carbons (Fsp3) is 0.167. The number of hydrazone groups is 1. The Morgan fingerprint density at radius 3 is 2.79 bits per heavy atom. The zero-order valence-corrected chi connectivity index (χ0v) is 12.9.